The van der Waals surface area contributed by atoms with Gasteiger partial charge in [0, 0.05) is 16.7 Å². The predicted octanol–water partition coefficient (Wildman–Crippen LogP) is 3.42. The van der Waals surface area contributed by atoms with Gasteiger partial charge in [0.15, 0.2) is 0 Å². The first-order valence-corrected chi connectivity index (χ1v) is 8.70. The van der Waals surface area contributed by atoms with Crippen LogP contribution in [0.15, 0.2) is 17.5 Å². The molecule has 21 heavy (non-hydrogen) atoms. The zero-order chi connectivity index (χ0) is 15.3. The van der Waals surface area contributed by atoms with Crippen LogP contribution in [-0.4, -0.2) is 29.9 Å². The Morgan fingerprint density at radius 1 is 1.52 bits per heavy atom. The first kappa shape index (κ1) is 16.1. The molecule has 0 aliphatic heterocycles. The van der Waals surface area contributed by atoms with E-state index in [0.717, 1.165) is 36.0 Å². The van der Waals surface area contributed by atoms with Crippen molar-refractivity contribution >= 4 is 41.1 Å². The van der Waals surface area contributed by atoms with Gasteiger partial charge in [-0.3, -0.25) is 4.79 Å². The Morgan fingerprint density at radius 2 is 2.29 bits per heavy atom. The van der Waals surface area contributed by atoms with Gasteiger partial charge in [-0.25, -0.2) is 4.79 Å². The summed E-state index contributed by atoms with van der Waals surface area (Å²) >= 11 is 3.44. The lowest BCUT2D eigenvalue weighted by Crippen LogP contribution is -2.13. The van der Waals surface area contributed by atoms with Crippen molar-refractivity contribution in [3.8, 4) is 0 Å². The molecule has 0 spiro atoms. The van der Waals surface area contributed by atoms with Crippen molar-refractivity contribution < 1.29 is 19.4 Å². The number of carboxylic acids is 1. The lowest BCUT2D eigenvalue weighted by molar-refractivity contribution is -0.141. The largest absolute Gasteiger partial charge is 0.478 e. The molecular weight excluding hydrogens is 308 g/mol. The summed E-state index contributed by atoms with van der Waals surface area (Å²) in [4.78, 5) is 23.1. The van der Waals surface area contributed by atoms with Crippen molar-refractivity contribution in [3.63, 3.8) is 0 Å². The van der Waals surface area contributed by atoms with Crippen LogP contribution in [-0.2, 0) is 20.1 Å². The number of esters is 1. The molecular formula is C15H18O4S2. The summed E-state index contributed by atoms with van der Waals surface area (Å²) in [6, 6.07) is 1.93. The number of ether oxygens (including phenoxy) is 1. The Balaban J connectivity index is 1.83. The number of carboxylic acid groups (broad SMARTS) is 1. The third kappa shape index (κ3) is 4.89. The maximum Gasteiger partial charge on any atom is 0.328 e. The Hall–Kier alpha value is -1.27. The Labute approximate surface area is 132 Å². The molecule has 1 fully saturated rings. The van der Waals surface area contributed by atoms with Gasteiger partial charge in [0.05, 0.1) is 13.5 Å². The van der Waals surface area contributed by atoms with Crippen LogP contribution in [0.4, 0.5) is 0 Å². The van der Waals surface area contributed by atoms with E-state index in [1.807, 2.05) is 11.4 Å². The van der Waals surface area contributed by atoms with Gasteiger partial charge in [-0.15, -0.1) is 11.3 Å². The summed E-state index contributed by atoms with van der Waals surface area (Å²) in [6.45, 7) is 0. The molecule has 0 bridgehead atoms. The summed E-state index contributed by atoms with van der Waals surface area (Å²) < 4.78 is 4.74. The summed E-state index contributed by atoms with van der Waals surface area (Å²) in [7, 11) is 1.43. The van der Waals surface area contributed by atoms with E-state index in [4.69, 9.17) is 9.84 Å². The number of carbonyl (C=O) groups is 2. The molecule has 1 aromatic rings. The third-order valence-corrected chi connectivity index (χ3v) is 5.96. The highest BCUT2D eigenvalue weighted by molar-refractivity contribution is 7.98. The second-order valence-corrected chi connectivity index (χ2v) is 7.20. The number of thioether (sulfide) groups is 1. The summed E-state index contributed by atoms with van der Waals surface area (Å²) in [5, 5.41) is 10.6. The number of methoxy groups -OCH3 is 1. The zero-order valence-electron chi connectivity index (χ0n) is 11.8. The molecule has 1 aromatic heterocycles. The van der Waals surface area contributed by atoms with E-state index < -0.39 is 5.97 Å². The highest BCUT2D eigenvalue weighted by Crippen LogP contribution is 2.51. The molecule has 1 heterocycles. The monoisotopic (exact) mass is 326 g/mol. The van der Waals surface area contributed by atoms with Crippen LogP contribution < -0.4 is 0 Å². The van der Waals surface area contributed by atoms with Gasteiger partial charge < -0.3 is 9.84 Å². The SMILES string of the molecule is COC(=O)CC1(CSCc2sccc2/C=C/C(=O)O)CC1. The molecule has 0 amide bonds. The van der Waals surface area contributed by atoms with Gasteiger partial charge in [0.1, 0.15) is 0 Å². The molecule has 0 radical (unpaired) electrons. The van der Waals surface area contributed by atoms with Crippen molar-refractivity contribution in [2.45, 2.75) is 25.0 Å². The van der Waals surface area contributed by atoms with Crippen LogP contribution in [0, 0.1) is 5.41 Å². The van der Waals surface area contributed by atoms with Crippen molar-refractivity contribution in [3.05, 3.63) is 28.0 Å². The molecule has 1 aliphatic rings. The molecule has 0 saturated heterocycles. The number of rotatable bonds is 8. The number of hydrogen-bond donors (Lipinski definition) is 1. The lowest BCUT2D eigenvalue weighted by Gasteiger charge is -2.12. The molecule has 4 nitrogen and oxygen atoms in total. The quantitative estimate of drug-likeness (QED) is 0.586. The minimum Gasteiger partial charge on any atom is -0.478 e. The average molecular weight is 326 g/mol. The van der Waals surface area contributed by atoms with E-state index in [1.54, 1.807) is 29.2 Å². The van der Waals surface area contributed by atoms with Crippen LogP contribution in [0.3, 0.4) is 0 Å². The fourth-order valence-electron chi connectivity index (χ4n) is 2.06. The second kappa shape index (κ2) is 7.13. The first-order valence-electron chi connectivity index (χ1n) is 6.67. The predicted molar refractivity (Wildman–Crippen MR) is 85.5 cm³/mol. The maximum absolute atomic E-state index is 11.4. The third-order valence-electron chi connectivity index (χ3n) is 3.53. The topological polar surface area (TPSA) is 63.6 Å². The lowest BCUT2D eigenvalue weighted by atomic mass is 10.1. The average Bonchev–Trinajstić information content (AvgIpc) is 3.05. The van der Waals surface area contributed by atoms with Crippen LogP contribution in [0.2, 0.25) is 0 Å². The van der Waals surface area contributed by atoms with Crippen LogP contribution in [0.5, 0.6) is 0 Å². The minimum absolute atomic E-state index is 0.130. The van der Waals surface area contributed by atoms with Gasteiger partial charge >= 0.3 is 11.9 Å². The van der Waals surface area contributed by atoms with Gasteiger partial charge in [0.2, 0.25) is 0 Å². The number of aliphatic carboxylic acids is 1. The molecule has 1 N–H and O–H groups in total. The normalized spacial score (nSPS) is 16.0. The summed E-state index contributed by atoms with van der Waals surface area (Å²) in [5.41, 5.74) is 1.10. The van der Waals surface area contributed by atoms with Crippen LogP contribution in [0.25, 0.3) is 6.08 Å². The second-order valence-electron chi connectivity index (χ2n) is 5.22. The van der Waals surface area contributed by atoms with E-state index >= 15 is 0 Å². The van der Waals surface area contributed by atoms with E-state index in [0.29, 0.717) is 6.42 Å². The molecule has 6 heteroatoms. The molecule has 1 saturated carbocycles. The highest BCUT2D eigenvalue weighted by atomic mass is 32.2. The van der Waals surface area contributed by atoms with Crippen molar-refractivity contribution in [1.29, 1.82) is 0 Å². The van der Waals surface area contributed by atoms with Gasteiger partial charge in [0.25, 0.3) is 0 Å². The number of hydrogen-bond acceptors (Lipinski definition) is 5. The van der Waals surface area contributed by atoms with Gasteiger partial charge in [-0.05, 0) is 47.1 Å². The molecule has 0 atom stereocenters. The molecule has 0 aromatic carbocycles. The molecule has 114 valence electrons. The highest BCUT2D eigenvalue weighted by Gasteiger charge is 2.44. The number of carbonyl (C=O) groups excluding carboxylic acids is 1. The molecule has 2 rings (SSSR count). The Morgan fingerprint density at radius 3 is 2.90 bits per heavy atom. The molecule has 1 aliphatic carbocycles. The van der Waals surface area contributed by atoms with E-state index in [2.05, 4.69) is 0 Å². The van der Waals surface area contributed by atoms with Gasteiger partial charge in [-0.1, -0.05) is 0 Å². The first-order chi connectivity index (χ1) is 10.0. The van der Waals surface area contributed by atoms with Gasteiger partial charge in [-0.2, -0.15) is 11.8 Å². The maximum atomic E-state index is 11.4. The smallest absolute Gasteiger partial charge is 0.328 e. The zero-order valence-corrected chi connectivity index (χ0v) is 13.5. The van der Waals surface area contributed by atoms with E-state index in [9.17, 15) is 9.59 Å². The number of thiophene rings is 1. The van der Waals surface area contributed by atoms with Crippen LogP contribution in [0.1, 0.15) is 29.7 Å². The fourth-order valence-corrected chi connectivity index (χ4v) is 4.52. The molecule has 0 unspecified atom stereocenters. The van der Waals surface area contributed by atoms with E-state index in [1.165, 1.54) is 12.0 Å². The Kier molecular flexibility index (Phi) is 5.47. The minimum atomic E-state index is -0.935. The fraction of sp³-hybridized carbons (Fsp3) is 0.467. The summed E-state index contributed by atoms with van der Waals surface area (Å²) in [6.07, 6.45) is 5.48. The standard InChI is InChI=1S/C15H18O4S2/c1-19-14(18)8-15(5-6-15)10-20-9-12-11(4-7-21-12)2-3-13(16)17/h2-4,7H,5-6,8-10H2,1H3,(H,16,17)/b3-2+. The van der Waals surface area contributed by atoms with Crippen molar-refractivity contribution in [1.82, 2.24) is 0 Å². The Bertz CT molecular complexity index is 544. The van der Waals surface area contributed by atoms with Crippen molar-refractivity contribution in [2.75, 3.05) is 12.9 Å². The van der Waals surface area contributed by atoms with Crippen molar-refractivity contribution in [2.24, 2.45) is 5.41 Å². The summed E-state index contributed by atoms with van der Waals surface area (Å²) in [5.74, 6) is 0.728. The van der Waals surface area contributed by atoms with E-state index in [-0.39, 0.29) is 11.4 Å². The van der Waals surface area contributed by atoms with Crippen LogP contribution >= 0.6 is 23.1 Å².